The van der Waals surface area contributed by atoms with Crippen LogP contribution in [0.25, 0.3) is 0 Å². The Kier molecular flexibility index (Phi) is 12.2. The summed E-state index contributed by atoms with van der Waals surface area (Å²) >= 11 is 0. The molecule has 0 heterocycles. The molecule has 4 nitrogen and oxygen atoms in total. The normalized spacial score (nSPS) is 13.2. The molecule has 0 aromatic carbocycles. The minimum Gasteiger partial charge on any atom is -0.383 e. The summed E-state index contributed by atoms with van der Waals surface area (Å²) in [6.07, 6.45) is 3.77. The van der Waals surface area contributed by atoms with Gasteiger partial charge in [0, 0.05) is 33.4 Å². The average molecular weight is 246 g/mol. The number of hydrogen-bond donors (Lipinski definition) is 1. The van der Waals surface area contributed by atoms with E-state index >= 15 is 0 Å². The van der Waals surface area contributed by atoms with Gasteiger partial charge in [-0.2, -0.15) is 0 Å². The zero-order valence-corrected chi connectivity index (χ0v) is 12.0. The molecule has 0 aliphatic carbocycles. The lowest BCUT2D eigenvalue weighted by Crippen LogP contribution is -2.32. The molecule has 1 unspecified atom stereocenters. The third-order valence-corrected chi connectivity index (χ3v) is 3.08. The third kappa shape index (κ3) is 10.7. The van der Waals surface area contributed by atoms with Crippen molar-refractivity contribution in [1.82, 2.24) is 10.2 Å². The van der Waals surface area contributed by atoms with Gasteiger partial charge in [-0.25, -0.2) is 0 Å². The number of rotatable bonds is 12. The van der Waals surface area contributed by atoms with Crippen molar-refractivity contribution < 1.29 is 9.47 Å². The Morgan fingerprint density at radius 1 is 1.00 bits per heavy atom. The molecule has 0 saturated heterocycles. The lowest BCUT2D eigenvalue weighted by atomic mass is 10.1. The Labute approximate surface area is 107 Å². The molecule has 0 aliphatic heterocycles. The molecule has 1 N–H and O–H groups in total. The van der Waals surface area contributed by atoms with Gasteiger partial charge in [0.2, 0.25) is 0 Å². The monoisotopic (exact) mass is 246 g/mol. The standard InChI is InChI=1S/C13H30N2O2/c1-13(14-2)7-5-6-8-15(9-11-16-3)10-12-17-4/h13-14H,5-12H2,1-4H3. The number of hydrogen-bond acceptors (Lipinski definition) is 4. The van der Waals surface area contributed by atoms with Gasteiger partial charge in [0.25, 0.3) is 0 Å². The number of unbranched alkanes of at least 4 members (excludes halogenated alkanes) is 1. The molecule has 0 aliphatic rings. The third-order valence-electron chi connectivity index (χ3n) is 3.08. The maximum atomic E-state index is 5.12. The Bertz CT molecular complexity index is 148. The molecule has 104 valence electrons. The highest BCUT2D eigenvalue weighted by Crippen LogP contribution is 2.02. The van der Waals surface area contributed by atoms with Crippen LogP contribution in [-0.4, -0.2) is 65.1 Å². The average Bonchev–Trinajstić information content (AvgIpc) is 2.36. The van der Waals surface area contributed by atoms with Gasteiger partial charge in [0.05, 0.1) is 13.2 Å². The first-order valence-corrected chi connectivity index (χ1v) is 6.62. The quantitative estimate of drug-likeness (QED) is 0.527. The summed E-state index contributed by atoms with van der Waals surface area (Å²) in [5, 5.41) is 3.27. The van der Waals surface area contributed by atoms with E-state index in [1.54, 1.807) is 14.2 Å². The number of nitrogens with zero attached hydrogens (tertiary/aromatic N) is 1. The van der Waals surface area contributed by atoms with Crippen molar-refractivity contribution in [3.63, 3.8) is 0 Å². The summed E-state index contributed by atoms with van der Waals surface area (Å²) in [7, 11) is 5.53. The van der Waals surface area contributed by atoms with Crippen molar-refractivity contribution in [3.05, 3.63) is 0 Å². The highest BCUT2D eigenvalue weighted by Gasteiger charge is 2.04. The van der Waals surface area contributed by atoms with E-state index in [-0.39, 0.29) is 0 Å². The van der Waals surface area contributed by atoms with E-state index in [0.29, 0.717) is 6.04 Å². The summed E-state index contributed by atoms with van der Waals surface area (Å²) in [4.78, 5) is 2.41. The van der Waals surface area contributed by atoms with Crippen LogP contribution in [-0.2, 0) is 9.47 Å². The molecule has 0 amide bonds. The Hall–Kier alpha value is -0.160. The van der Waals surface area contributed by atoms with Crippen LogP contribution >= 0.6 is 0 Å². The summed E-state index contributed by atoms with van der Waals surface area (Å²) in [5.74, 6) is 0. The smallest absolute Gasteiger partial charge is 0.0589 e. The van der Waals surface area contributed by atoms with Gasteiger partial charge in [0.1, 0.15) is 0 Å². The molecule has 4 heteroatoms. The van der Waals surface area contributed by atoms with E-state index in [2.05, 4.69) is 17.1 Å². The number of ether oxygens (including phenoxy) is 2. The predicted octanol–water partition coefficient (Wildman–Crippen LogP) is 1.36. The van der Waals surface area contributed by atoms with E-state index in [1.165, 1.54) is 19.3 Å². The maximum Gasteiger partial charge on any atom is 0.0589 e. The SMILES string of the molecule is CNC(C)CCCCN(CCOC)CCOC. The van der Waals surface area contributed by atoms with Crippen molar-refractivity contribution in [1.29, 1.82) is 0 Å². The molecule has 17 heavy (non-hydrogen) atoms. The van der Waals surface area contributed by atoms with Crippen LogP contribution in [0, 0.1) is 0 Å². The first kappa shape index (κ1) is 16.8. The molecule has 0 saturated carbocycles. The number of methoxy groups -OCH3 is 2. The van der Waals surface area contributed by atoms with Crippen LogP contribution in [0.3, 0.4) is 0 Å². The first-order valence-electron chi connectivity index (χ1n) is 6.62. The fraction of sp³-hybridized carbons (Fsp3) is 1.00. The topological polar surface area (TPSA) is 33.7 Å². The van der Waals surface area contributed by atoms with Crippen LogP contribution in [0.4, 0.5) is 0 Å². The molecule has 0 spiro atoms. The van der Waals surface area contributed by atoms with E-state index in [1.807, 2.05) is 7.05 Å². The van der Waals surface area contributed by atoms with Gasteiger partial charge in [-0.15, -0.1) is 0 Å². The predicted molar refractivity (Wildman–Crippen MR) is 72.6 cm³/mol. The van der Waals surface area contributed by atoms with Crippen LogP contribution < -0.4 is 5.32 Å². The van der Waals surface area contributed by atoms with Crippen molar-refractivity contribution >= 4 is 0 Å². The molecule has 0 rings (SSSR count). The number of nitrogens with one attached hydrogen (secondary N) is 1. The second kappa shape index (κ2) is 12.3. The van der Waals surface area contributed by atoms with Crippen LogP contribution in [0.5, 0.6) is 0 Å². The van der Waals surface area contributed by atoms with E-state index in [0.717, 1.165) is 32.8 Å². The van der Waals surface area contributed by atoms with Crippen LogP contribution in [0.2, 0.25) is 0 Å². The largest absolute Gasteiger partial charge is 0.383 e. The zero-order chi connectivity index (χ0) is 12.9. The van der Waals surface area contributed by atoms with Gasteiger partial charge < -0.3 is 14.8 Å². The summed E-state index contributed by atoms with van der Waals surface area (Å²) in [5.41, 5.74) is 0. The van der Waals surface area contributed by atoms with Crippen LogP contribution in [0.1, 0.15) is 26.2 Å². The van der Waals surface area contributed by atoms with Crippen LogP contribution in [0.15, 0.2) is 0 Å². The molecule has 0 fully saturated rings. The molecule has 1 atom stereocenters. The minimum absolute atomic E-state index is 0.626. The summed E-state index contributed by atoms with van der Waals surface area (Å²) in [6.45, 7) is 6.98. The first-order chi connectivity index (χ1) is 8.24. The van der Waals surface area contributed by atoms with Crippen molar-refractivity contribution in [2.75, 3.05) is 54.1 Å². The van der Waals surface area contributed by atoms with Crippen molar-refractivity contribution in [2.24, 2.45) is 0 Å². The van der Waals surface area contributed by atoms with Gasteiger partial charge in [-0.1, -0.05) is 6.42 Å². The lowest BCUT2D eigenvalue weighted by molar-refractivity contribution is 0.113. The highest BCUT2D eigenvalue weighted by atomic mass is 16.5. The second-order valence-electron chi connectivity index (χ2n) is 4.51. The second-order valence-corrected chi connectivity index (χ2v) is 4.51. The van der Waals surface area contributed by atoms with E-state index in [9.17, 15) is 0 Å². The summed E-state index contributed by atoms with van der Waals surface area (Å²) < 4.78 is 10.2. The molecule has 0 aromatic heterocycles. The fourth-order valence-electron chi connectivity index (χ4n) is 1.71. The highest BCUT2D eigenvalue weighted by molar-refractivity contribution is 4.61. The fourth-order valence-corrected chi connectivity index (χ4v) is 1.71. The molecular formula is C13H30N2O2. The molecule has 0 bridgehead atoms. The van der Waals surface area contributed by atoms with Gasteiger partial charge in [-0.05, 0) is 33.4 Å². The van der Waals surface area contributed by atoms with E-state index in [4.69, 9.17) is 9.47 Å². The lowest BCUT2D eigenvalue weighted by Gasteiger charge is -2.21. The van der Waals surface area contributed by atoms with Gasteiger partial charge in [0.15, 0.2) is 0 Å². The Morgan fingerprint density at radius 2 is 1.59 bits per heavy atom. The zero-order valence-electron chi connectivity index (χ0n) is 12.0. The Morgan fingerprint density at radius 3 is 2.06 bits per heavy atom. The molecule has 0 aromatic rings. The van der Waals surface area contributed by atoms with Gasteiger partial charge in [-0.3, -0.25) is 4.90 Å². The molecule has 0 radical (unpaired) electrons. The Balaban J connectivity index is 3.59. The van der Waals surface area contributed by atoms with Crippen molar-refractivity contribution in [3.8, 4) is 0 Å². The van der Waals surface area contributed by atoms with Gasteiger partial charge >= 0.3 is 0 Å². The van der Waals surface area contributed by atoms with E-state index < -0.39 is 0 Å². The maximum absolute atomic E-state index is 5.12. The minimum atomic E-state index is 0.626. The molecular weight excluding hydrogens is 216 g/mol. The summed E-state index contributed by atoms with van der Waals surface area (Å²) in [6, 6.07) is 0.626. The van der Waals surface area contributed by atoms with Crippen molar-refractivity contribution in [2.45, 2.75) is 32.2 Å².